The lowest BCUT2D eigenvalue weighted by Crippen LogP contribution is -2.31. The molecule has 1 aliphatic rings. The molecule has 10 heteroatoms. The number of hydrogen-bond acceptors (Lipinski definition) is 7. The summed E-state index contributed by atoms with van der Waals surface area (Å²) in [5.74, 6) is 1.35. The monoisotopic (exact) mass is 505 g/mol. The minimum absolute atomic E-state index is 0.167. The lowest BCUT2D eigenvalue weighted by atomic mass is 10.0. The van der Waals surface area contributed by atoms with E-state index in [9.17, 15) is 4.79 Å². The fourth-order valence-corrected chi connectivity index (χ4v) is 4.41. The van der Waals surface area contributed by atoms with Crippen LogP contribution in [0.3, 0.4) is 0 Å². The highest BCUT2D eigenvalue weighted by Gasteiger charge is 2.28. The van der Waals surface area contributed by atoms with Crippen molar-refractivity contribution in [2.24, 2.45) is 0 Å². The summed E-state index contributed by atoms with van der Waals surface area (Å²) >= 11 is 6.35. The quantitative estimate of drug-likeness (QED) is 0.317. The fraction of sp³-hybridized carbons (Fsp3) is 0.192. The second kappa shape index (κ2) is 10.2. The Hall–Kier alpha value is -4.24. The average molecular weight is 506 g/mol. The number of rotatable bonds is 8. The first kappa shape index (κ1) is 23.5. The molecule has 4 aromatic rings. The van der Waals surface area contributed by atoms with E-state index in [1.165, 1.54) is 0 Å². The average Bonchev–Trinajstić information content (AvgIpc) is 3.27. The van der Waals surface area contributed by atoms with E-state index in [2.05, 4.69) is 25.6 Å². The molecular formula is C26H24ClN5O4. The summed E-state index contributed by atoms with van der Waals surface area (Å²) in [6, 6.07) is 12.7. The van der Waals surface area contributed by atoms with Gasteiger partial charge in [0.25, 0.3) is 5.91 Å². The van der Waals surface area contributed by atoms with Gasteiger partial charge in [-0.15, -0.1) is 0 Å². The molecule has 9 nitrogen and oxygen atoms in total. The summed E-state index contributed by atoms with van der Waals surface area (Å²) in [4.78, 5) is 25.0. The highest BCUT2D eigenvalue weighted by atomic mass is 35.5. The van der Waals surface area contributed by atoms with Crippen LogP contribution in [-0.2, 0) is 13.0 Å². The van der Waals surface area contributed by atoms with Crippen molar-refractivity contribution in [3.8, 4) is 28.6 Å². The van der Waals surface area contributed by atoms with E-state index in [-0.39, 0.29) is 12.5 Å². The molecule has 36 heavy (non-hydrogen) atoms. The minimum Gasteiger partial charge on any atom is -0.493 e. The van der Waals surface area contributed by atoms with E-state index in [1.54, 1.807) is 38.7 Å². The molecule has 0 bridgehead atoms. The molecule has 0 atom stereocenters. The standard InChI is InChI=1S/C26H24ClN5O4/c1-34-21-8-3-5-15(30-21)14-36-20-13-28-11-9-16(20)23-24(22-18(31-23)10-12-29-26(22)33)32-19-7-4-6-17(27)25(19)35-2/h3-9,11,13,31-32H,10,12,14H2,1-2H3,(H,29,33). The number of aromatic amines is 1. The number of nitrogens with zero attached hydrogens (tertiary/aromatic N) is 2. The van der Waals surface area contributed by atoms with Crippen LogP contribution in [0.25, 0.3) is 11.3 Å². The molecule has 0 radical (unpaired) electrons. The van der Waals surface area contributed by atoms with E-state index < -0.39 is 0 Å². The number of amides is 1. The van der Waals surface area contributed by atoms with Gasteiger partial charge in [0.2, 0.25) is 5.88 Å². The lowest BCUT2D eigenvalue weighted by molar-refractivity contribution is 0.0947. The summed E-state index contributed by atoms with van der Waals surface area (Å²) in [7, 11) is 3.12. The predicted molar refractivity (Wildman–Crippen MR) is 136 cm³/mol. The molecule has 0 fully saturated rings. The largest absolute Gasteiger partial charge is 0.493 e. The highest BCUT2D eigenvalue weighted by Crippen LogP contribution is 2.42. The number of nitrogens with one attached hydrogen (secondary N) is 3. The van der Waals surface area contributed by atoms with Gasteiger partial charge in [-0.3, -0.25) is 9.78 Å². The topological polar surface area (TPSA) is 110 Å². The number of para-hydroxylation sites is 1. The molecule has 0 saturated carbocycles. The number of methoxy groups -OCH3 is 2. The van der Waals surface area contributed by atoms with Crippen LogP contribution in [0, 0.1) is 0 Å². The van der Waals surface area contributed by atoms with Gasteiger partial charge in [-0.1, -0.05) is 23.7 Å². The first-order valence-corrected chi connectivity index (χ1v) is 11.7. The second-order valence-electron chi connectivity index (χ2n) is 8.01. The van der Waals surface area contributed by atoms with Crippen molar-refractivity contribution >= 4 is 28.9 Å². The highest BCUT2D eigenvalue weighted by molar-refractivity contribution is 6.32. The molecule has 184 valence electrons. The maximum absolute atomic E-state index is 12.9. The van der Waals surface area contributed by atoms with Crippen LogP contribution in [0.4, 0.5) is 11.4 Å². The number of hydrogen-bond donors (Lipinski definition) is 3. The Kier molecular flexibility index (Phi) is 6.64. The van der Waals surface area contributed by atoms with Gasteiger partial charge in [0.1, 0.15) is 12.4 Å². The number of pyridine rings is 2. The lowest BCUT2D eigenvalue weighted by Gasteiger charge is -2.17. The summed E-state index contributed by atoms with van der Waals surface area (Å²) in [6.07, 6.45) is 3.98. The van der Waals surface area contributed by atoms with Gasteiger partial charge in [0.05, 0.1) is 53.8 Å². The number of H-pyrrole nitrogens is 1. The third-order valence-electron chi connectivity index (χ3n) is 5.82. The van der Waals surface area contributed by atoms with E-state index >= 15 is 0 Å². The van der Waals surface area contributed by atoms with Crippen LogP contribution in [0.15, 0.2) is 54.9 Å². The molecule has 1 aromatic carbocycles. The van der Waals surface area contributed by atoms with Gasteiger partial charge in [0.15, 0.2) is 5.75 Å². The van der Waals surface area contributed by atoms with Crippen molar-refractivity contribution in [2.45, 2.75) is 13.0 Å². The third-order valence-corrected chi connectivity index (χ3v) is 6.11. The van der Waals surface area contributed by atoms with Gasteiger partial charge < -0.3 is 29.8 Å². The molecule has 0 spiro atoms. The number of ether oxygens (including phenoxy) is 3. The summed E-state index contributed by atoms with van der Waals surface area (Å²) in [5.41, 5.74) is 4.72. The number of halogens is 1. The second-order valence-corrected chi connectivity index (χ2v) is 8.42. The van der Waals surface area contributed by atoms with Crippen molar-refractivity contribution in [1.82, 2.24) is 20.3 Å². The zero-order valence-electron chi connectivity index (χ0n) is 19.7. The Balaban J connectivity index is 1.57. The SMILES string of the molecule is COc1cccc(COc2cnccc2-c2[nH]c3c(c2Nc2cccc(Cl)c2OC)C(=O)NCC3)n1. The number of anilines is 2. The van der Waals surface area contributed by atoms with Gasteiger partial charge in [-0.05, 0) is 24.3 Å². The molecule has 3 N–H and O–H groups in total. The van der Waals surface area contributed by atoms with Crippen LogP contribution in [0.1, 0.15) is 21.7 Å². The van der Waals surface area contributed by atoms with Crippen LogP contribution in [0.5, 0.6) is 17.4 Å². The number of carbonyl (C=O) groups excluding carboxylic acids is 1. The maximum Gasteiger partial charge on any atom is 0.255 e. The van der Waals surface area contributed by atoms with E-state index in [0.717, 1.165) is 11.3 Å². The van der Waals surface area contributed by atoms with E-state index in [1.807, 2.05) is 30.3 Å². The van der Waals surface area contributed by atoms with Crippen molar-refractivity contribution in [2.75, 3.05) is 26.1 Å². The molecule has 4 heterocycles. The first-order valence-electron chi connectivity index (χ1n) is 11.3. The first-order chi connectivity index (χ1) is 17.6. The van der Waals surface area contributed by atoms with Gasteiger partial charge >= 0.3 is 0 Å². The van der Waals surface area contributed by atoms with E-state index in [4.69, 9.17) is 25.8 Å². The summed E-state index contributed by atoms with van der Waals surface area (Å²) in [5, 5.41) is 6.76. The van der Waals surface area contributed by atoms with Gasteiger partial charge in [-0.25, -0.2) is 4.98 Å². The van der Waals surface area contributed by atoms with Crippen LogP contribution < -0.4 is 24.8 Å². The van der Waals surface area contributed by atoms with Crippen LogP contribution in [0.2, 0.25) is 5.02 Å². The van der Waals surface area contributed by atoms with Crippen LogP contribution in [-0.4, -0.2) is 41.6 Å². The molecule has 0 saturated heterocycles. The Bertz CT molecular complexity index is 1420. The number of aromatic nitrogens is 3. The van der Waals surface area contributed by atoms with Crippen molar-refractivity contribution in [3.05, 3.63) is 76.8 Å². The van der Waals surface area contributed by atoms with Crippen molar-refractivity contribution < 1.29 is 19.0 Å². The number of carbonyl (C=O) groups is 1. The maximum atomic E-state index is 12.9. The molecule has 0 aliphatic carbocycles. The number of benzene rings is 1. The Morgan fingerprint density at radius 3 is 2.81 bits per heavy atom. The number of fused-ring (bicyclic) bond motifs is 1. The zero-order valence-corrected chi connectivity index (χ0v) is 20.5. The minimum atomic E-state index is -0.167. The molecular weight excluding hydrogens is 482 g/mol. The van der Waals surface area contributed by atoms with Crippen molar-refractivity contribution in [3.63, 3.8) is 0 Å². The Morgan fingerprint density at radius 1 is 1.11 bits per heavy atom. The van der Waals surface area contributed by atoms with Gasteiger partial charge in [-0.2, -0.15) is 0 Å². The molecule has 0 unspecified atom stereocenters. The van der Waals surface area contributed by atoms with Gasteiger partial charge in [0, 0.05) is 36.5 Å². The molecule has 1 amide bonds. The predicted octanol–water partition coefficient (Wildman–Crippen LogP) is 4.75. The Labute approximate surface area is 212 Å². The van der Waals surface area contributed by atoms with E-state index in [0.29, 0.717) is 63.7 Å². The summed E-state index contributed by atoms with van der Waals surface area (Å²) in [6.45, 7) is 0.759. The molecule has 1 aliphatic heterocycles. The zero-order chi connectivity index (χ0) is 25.1. The molecule has 5 rings (SSSR count). The third kappa shape index (κ3) is 4.52. The normalized spacial score (nSPS) is 12.5. The molecule has 3 aromatic heterocycles. The van der Waals surface area contributed by atoms with Crippen molar-refractivity contribution in [1.29, 1.82) is 0 Å². The smallest absolute Gasteiger partial charge is 0.255 e. The van der Waals surface area contributed by atoms with Crippen LogP contribution >= 0.6 is 11.6 Å². The summed E-state index contributed by atoms with van der Waals surface area (Å²) < 4.78 is 16.9. The fourth-order valence-electron chi connectivity index (χ4n) is 4.16. The Morgan fingerprint density at radius 2 is 1.97 bits per heavy atom.